The van der Waals surface area contributed by atoms with E-state index in [1.807, 2.05) is 11.5 Å². The third kappa shape index (κ3) is 5.89. The number of amides is 2. The van der Waals surface area contributed by atoms with Crippen molar-refractivity contribution in [2.45, 2.75) is 25.4 Å². The SMILES string of the molecule is N#Cc1ccc(N(NC(=O)C(C#N)C(=O)CC(F)(F)F)C(=O)C(C#N)C(=O)C2CC2)cc1. The summed E-state index contributed by atoms with van der Waals surface area (Å²) in [5.41, 5.74) is 1.88. The average Bonchev–Trinajstić information content (AvgIpc) is 3.57. The lowest BCUT2D eigenvalue weighted by Crippen LogP contribution is -2.53. The molecule has 0 heterocycles. The van der Waals surface area contributed by atoms with Crippen LogP contribution in [0.4, 0.5) is 18.9 Å². The van der Waals surface area contributed by atoms with Crippen molar-refractivity contribution in [2.75, 3.05) is 5.01 Å². The van der Waals surface area contributed by atoms with E-state index in [4.69, 9.17) is 10.5 Å². The normalized spacial score (nSPS) is 14.6. The van der Waals surface area contributed by atoms with E-state index >= 15 is 0 Å². The van der Waals surface area contributed by atoms with Crippen LogP contribution < -0.4 is 10.4 Å². The van der Waals surface area contributed by atoms with Crippen molar-refractivity contribution in [1.82, 2.24) is 5.43 Å². The summed E-state index contributed by atoms with van der Waals surface area (Å²) in [7, 11) is 0. The van der Waals surface area contributed by atoms with Crippen LogP contribution in [0.1, 0.15) is 24.8 Å². The van der Waals surface area contributed by atoms with Crippen LogP contribution in [-0.2, 0) is 19.2 Å². The topological polar surface area (TPSA) is 155 Å². The van der Waals surface area contributed by atoms with E-state index < -0.39 is 53.7 Å². The van der Waals surface area contributed by atoms with E-state index in [1.54, 1.807) is 6.07 Å². The maximum Gasteiger partial charge on any atom is 0.395 e. The lowest BCUT2D eigenvalue weighted by Gasteiger charge is -2.26. The van der Waals surface area contributed by atoms with Gasteiger partial charge in [0.05, 0.1) is 29.5 Å². The van der Waals surface area contributed by atoms with Crippen molar-refractivity contribution >= 4 is 29.1 Å². The van der Waals surface area contributed by atoms with E-state index in [9.17, 15) is 37.6 Å². The molecule has 0 radical (unpaired) electrons. The molecule has 0 bridgehead atoms. The highest BCUT2D eigenvalue weighted by Gasteiger charge is 2.42. The lowest BCUT2D eigenvalue weighted by molar-refractivity contribution is -0.155. The first-order chi connectivity index (χ1) is 15.0. The molecule has 1 aromatic carbocycles. The molecule has 32 heavy (non-hydrogen) atoms. The summed E-state index contributed by atoms with van der Waals surface area (Å²) in [5.74, 6) is -9.92. The molecule has 164 valence electrons. The van der Waals surface area contributed by atoms with Gasteiger partial charge in [0.15, 0.2) is 23.4 Å². The Morgan fingerprint density at radius 1 is 1.03 bits per heavy atom. The van der Waals surface area contributed by atoms with Crippen LogP contribution in [0.5, 0.6) is 0 Å². The molecule has 1 aliphatic carbocycles. The molecule has 2 atom stereocenters. The quantitative estimate of drug-likeness (QED) is 0.495. The fourth-order valence-corrected chi connectivity index (χ4v) is 2.66. The maximum atomic E-state index is 12.9. The first-order valence-corrected chi connectivity index (χ1v) is 9.09. The number of anilines is 1. The highest BCUT2D eigenvalue weighted by molar-refractivity contribution is 6.13. The van der Waals surface area contributed by atoms with Gasteiger partial charge in [-0.15, -0.1) is 0 Å². The third-order valence-corrected chi connectivity index (χ3v) is 4.43. The molecule has 9 nitrogen and oxygen atoms in total. The molecule has 12 heteroatoms. The molecule has 0 saturated heterocycles. The molecule has 1 aliphatic rings. The largest absolute Gasteiger partial charge is 0.395 e. The van der Waals surface area contributed by atoms with E-state index in [0.717, 1.165) is 6.07 Å². The molecular weight excluding hydrogens is 431 g/mol. The minimum absolute atomic E-state index is 0.147. The monoisotopic (exact) mass is 445 g/mol. The van der Waals surface area contributed by atoms with E-state index in [0.29, 0.717) is 17.9 Å². The van der Waals surface area contributed by atoms with Crippen LogP contribution in [0.2, 0.25) is 0 Å². The van der Waals surface area contributed by atoms with Gasteiger partial charge in [-0.3, -0.25) is 24.6 Å². The van der Waals surface area contributed by atoms with E-state index in [1.165, 1.54) is 24.3 Å². The summed E-state index contributed by atoms with van der Waals surface area (Å²) in [6.07, 6.45) is -6.03. The molecule has 1 N–H and O–H groups in total. The number of hydrogen-bond donors (Lipinski definition) is 1. The number of halogens is 3. The van der Waals surface area contributed by atoms with Gasteiger partial charge in [-0.05, 0) is 37.1 Å². The van der Waals surface area contributed by atoms with Crippen LogP contribution >= 0.6 is 0 Å². The zero-order chi connectivity index (χ0) is 24.1. The molecule has 1 aromatic rings. The minimum atomic E-state index is -4.96. The summed E-state index contributed by atoms with van der Waals surface area (Å²) in [6.45, 7) is 0. The predicted molar refractivity (Wildman–Crippen MR) is 98.4 cm³/mol. The number of Topliss-reactive ketones (excluding diaryl/α,β-unsaturated/α-hetero) is 2. The number of carbonyl (C=O) groups is 4. The zero-order valence-corrected chi connectivity index (χ0v) is 16.2. The number of carbonyl (C=O) groups excluding carboxylic acids is 4. The number of ketones is 2. The summed E-state index contributed by atoms with van der Waals surface area (Å²) >= 11 is 0. The molecule has 1 fully saturated rings. The van der Waals surface area contributed by atoms with Gasteiger partial charge in [0, 0.05) is 5.92 Å². The Labute approximate surface area is 179 Å². The zero-order valence-electron chi connectivity index (χ0n) is 16.2. The number of hydrogen-bond acceptors (Lipinski definition) is 7. The van der Waals surface area contributed by atoms with Crippen LogP contribution in [0.3, 0.4) is 0 Å². The lowest BCUT2D eigenvalue weighted by atomic mass is 10.00. The number of rotatable bonds is 7. The molecule has 2 rings (SSSR count). The van der Waals surface area contributed by atoms with Crippen LogP contribution in [0.15, 0.2) is 24.3 Å². The van der Waals surface area contributed by atoms with Crippen LogP contribution in [0, 0.1) is 51.7 Å². The van der Waals surface area contributed by atoms with Crippen molar-refractivity contribution in [3.05, 3.63) is 29.8 Å². The number of benzene rings is 1. The third-order valence-electron chi connectivity index (χ3n) is 4.43. The molecule has 0 aromatic heterocycles. The number of nitrogens with zero attached hydrogens (tertiary/aromatic N) is 4. The highest BCUT2D eigenvalue weighted by atomic mass is 19.4. The average molecular weight is 445 g/mol. The Balaban J connectivity index is 2.36. The summed E-state index contributed by atoms with van der Waals surface area (Å²) in [6, 6.07) is 9.33. The van der Waals surface area contributed by atoms with Gasteiger partial charge in [0.2, 0.25) is 0 Å². The maximum absolute atomic E-state index is 12.9. The second-order valence-electron chi connectivity index (χ2n) is 6.87. The number of hydrazine groups is 1. The van der Waals surface area contributed by atoms with Crippen LogP contribution in [-0.4, -0.2) is 29.6 Å². The van der Waals surface area contributed by atoms with Gasteiger partial charge in [-0.1, -0.05) is 0 Å². The molecule has 0 spiro atoms. The standard InChI is InChI=1S/C20H14F3N5O4/c21-20(22,23)7-16(29)14(9-25)18(31)27-28(13-5-1-11(8-24)2-6-13)19(32)15(10-26)17(30)12-3-4-12/h1-2,5-6,12,14-15H,3-4,7H2,(H,27,31). The fraction of sp³-hybridized carbons (Fsp3) is 0.350. The number of nitrogens with one attached hydrogen (secondary N) is 1. The second-order valence-corrected chi connectivity index (χ2v) is 6.87. The molecule has 0 aliphatic heterocycles. The molecular formula is C20H14F3N5O4. The van der Waals surface area contributed by atoms with Crippen molar-refractivity contribution < 1.29 is 32.3 Å². The molecule has 1 saturated carbocycles. The van der Waals surface area contributed by atoms with Gasteiger partial charge >= 0.3 is 6.18 Å². The Hall–Kier alpha value is -4.24. The van der Waals surface area contributed by atoms with Crippen molar-refractivity contribution in [2.24, 2.45) is 17.8 Å². The van der Waals surface area contributed by atoms with E-state index in [-0.39, 0.29) is 11.3 Å². The van der Waals surface area contributed by atoms with Gasteiger partial charge < -0.3 is 0 Å². The Kier molecular flexibility index (Phi) is 7.29. The Bertz CT molecular complexity index is 1060. The Morgan fingerprint density at radius 2 is 1.59 bits per heavy atom. The van der Waals surface area contributed by atoms with Gasteiger partial charge in [-0.2, -0.15) is 29.0 Å². The fourth-order valence-electron chi connectivity index (χ4n) is 2.66. The van der Waals surface area contributed by atoms with Gasteiger partial charge in [0.1, 0.15) is 6.42 Å². The van der Waals surface area contributed by atoms with Crippen molar-refractivity contribution in [1.29, 1.82) is 15.8 Å². The van der Waals surface area contributed by atoms with Crippen molar-refractivity contribution in [3.63, 3.8) is 0 Å². The summed E-state index contributed by atoms with van der Waals surface area (Å²) < 4.78 is 37.5. The smallest absolute Gasteiger partial charge is 0.297 e. The molecule has 2 amide bonds. The Morgan fingerprint density at radius 3 is 2.03 bits per heavy atom. The second kappa shape index (κ2) is 9.71. The first-order valence-electron chi connectivity index (χ1n) is 9.09. The number of alkyl halides is 3. The van der Waals surface area contributed by atoms with Crippen LogP contribution in [0.25, 0.3) is 0 Å². The number of nitriles is 3. The predicted octanol–water partition coefficient (Wildman–Crippen LogP) is 1.70. The van der Waals surface area contributed by atoms with E-state index in [2.05, 4.69) is 0 Å². The highest BCUT2D eigenvalue weighted by Crippen LogP contribution is 2.33. The summed E-state index contributed by atoms with van der Waals surface area (Å²) in [4.78, 5) is 49.4. The van der Waals surface area contributed by atoms with Gasteiger partial charge in [0.25, 0.3) is 11.8 Å². The molecule has 2 unspecified atom stereocenters. The summed E-state index contributed by atoms with van der Waals surface area (Å²) in [5, 5.41) is 27.7. The van der Waals surface area contributed by atoms with Gasteiger partial charge in [-0.25, -0.2) is 5.01 Å². The minimum Gasteiger partial charge on any atom is -0.297 e. The van der Waals surface area contributed by atoms with Crippen molar-refractivity contribution in [3.8, 4) is 18.2 Å². The first kappa shape index (κ1) is 24.0.